The number of amides is 1. The van der Waals surface area contributed by atoms with Crippen LogP contribution in [0.25, 0.3) is 0 Å². The highest BCUT2D eigenvalue weighted by Crippen LogP contribution is 2.22. The molecule has 1 amide bonds. The lowest BCUT2D eigenvalue weighted by molar-refractivity contribution is -0.124. The molecule has 2 rings (SSSR count). The Balaban J connectivity index is 0.00000116. The summed E-state index contributed by atoms with van der Waals surface area (Å²) in [6.07, 6.45) is 0.508. The molecule has 1 aliphatic heterocycles. The minimum Gasteiger partial charge on any atom is -0.507 e. The number of halogens is 1. The number of aromatic hydroxyl groups is 1. The summed E-state index contributed by atoms with van der Waals surface area (Å²) in [4.78, 5) is 13.8. The highest BCUT2D eigenvalue weighted by atomic mass is 19.1. The Bertz CT molecular complexity index is 557. The smallest absolute Gasteiger partial charge is 0.224 e. The third-order valence-electron chi connectivity index (χ3n) is 3.57. The van der Waals surface area contributed by atoms with E-state index >= 15 is 0 Å². The summed E-state index contributed by atoms with van der Waals surface area (Å²) in [5.41, 5.74) is 0.461. The molecule has 0 aromatic heterocycles. The molecular formula is C16H22FN3O2. The van der Waals surface area contributed by atoms with Crippen molar-refractivity contribution in [3.8, 4) is 11.8 Å². The molecule has 1 heterocycles. The van der Waals surface area contributed by atoms with Gasteiger partial charge in [-0.3, -0.25) is 9.69 Å². The van der Waals surface area contributed by atoms with E-state index in [9.17, 15) is 14.3 Å². The van der Waals surface area contributed by atoms with Gasteiger partial charge in [-0.2, -0.15) is 5.26 Å². The van der Waals surface area contributed by atoms with Crippen molar-refractivity contribution in [1.82, 2.24) is 10.2 Å². The molecule has 22 heavy (non-hydrogen) atoms. The van der Waals surface area contributed by atoms with Crippen LogP contribution in [0.5, 0.6) is 5.75 Å². The Labute approximate surface area is 130 Å². The van der Waals surface area contributed by atoms with E-state index < -0.39 is 5.82 Å². The second-order valence-corrected chi connectivity index (χ2v) is 5.01. The number of phenols is 1. The second-order valence-electron chi connectivity index (χ2n) is 5.01. The van der Waals surface area contributed by atoms with Crippen LogP contribution in [-0.2, 0) is 11.3 Å². The van der Waals surface area contributed by atoms with Gasteiger partial charge in [-0.25, -0.2) is 4.39 Å². The largest absolute Gasteiger partial charge is 0.507 e. The van der Waals surface area contributed by atoms with E-state index in [0.29, 0.717) is 18.5 Å². The Kier molecular flexibility index (Phi) is 6.80. The van der Waals surface area contributed by atoms with Crippen LogP contribution in [0.4, 0.5) is 4.39 Å². The van der Waals surface area contributed by atoms with Crippen LogP contribution in [0.15, 0.2) is 18.2 Å². The van der Waals surface area contributed by atoms with Crippen molar-refractivity contribution < 1.29 is 14.3 Å². The maximum Gasteiger partial charge on any atom is 0.224 e. The predicted molar refractivity (Wildman–Crippen MR) is 81.4 cm³/mol. The number of carbonyl (C=O) groups is 1. The highest BCUT2D eigenvalue weighted by Gasteiger charge is 2.33. The summed E-state index contributed by atoms with van der Waals surface area (Å²) in [6, 6.07) is 5.60. The molecule has 0 saturated carbocycles. The fraction of sp³-hybridized carbons (Fsp3) is 0.500. The number of benzene rings is 1. The zero-order chi connectivity index (χ0) is 16.7. The maximum absolute atomic E-state index is 12.8. The van der Waals surface area contributed by atoms with Gasteiger partial charge in [-0.05, 0) is 19.5 Å². The standard InChI is InChI=1S/C14H16FN3O2.C2H6/c1-18-8-10(4-12(18)6-16)14(20)17-7-9-2-3-11(15)5-13(9)19;1-2/h2-3,5,10,12,19H,4,7-8H2,1H3,(H,17,20);1-2H3. The number of nitrogens with zero attached hydrogens (tertiary/aromatic N) is 2. The minimum atomic E-state index is -0.521. The van der Waals surface area contributed by atoms with E-state index in [1.54, 1.807) is 0 Å². The molecule has 2 atom stereocenters. The molecule has 0 bridgehead atoms. The van der Waals surface area contributed by atoms with E-state index in [1.165, 1.54) is 12.1 Å². The number of carbonyl (C=O) groups excluding carboxylic acids is 1. The molecule has 2 unspecified atom stereocenters. The number of nitrogens with one attached hydrogen (secondary N) is 1. The molecule has 1 aromatic carbocycles. The fourth-order valence-electron chi connectivity index (χ4n) is 2.35. The predicted octanol–water partition coefficient (Wildman–Crippen LogP) is 2.02. The molecular weight excluding hydrogens is 285 g/mol. The normalized spacial score (nSPS) is 20.7. The number of nitriles is 1. The van der Waals surface area contributed by atoms with E-state index in [4.69, 9.17) is 5.26 Å². The van der Waals surface area contributed by atoms with Gasteiger partial charge in [0.15, 0.2) is 0 Å². The molecule has 0 aliphatic carbocycles. The lowest BCUT2D eigenvalue weighted by Crippen LogP contribution is -2.31. The van der Waals surface area contributed by atoms with Crippen molar-refractivity contribution in [1.29, 1.82) is 5.26 Å². The van der Waals surface area contributed by atoms with Crippen molar-refractivity contribution >= 4 is 5.91 Å². The number of phenolic OH excluding ortho intramolecular Hbond substituents is 1. The molecule has 2 N–H and O–H groups in total. The van der Waals surface area contributed by atoms with Crippen LogP contribution in [0.1, 0.15) is 25.8 Å². The van der Waals surface area contributed by atoms with Crippen LogP contribution >= 0.6 is 0 Å². The number of likely N-dealkylation sites (tertiary alicyclic amines) is 1. The van der Waals surface area contributed by atoms with Crippen molar-refractivity contribution in [3.05, 3.63) is 29.6 Å². The molecule has 120 valence electrons. The van der Waals surface area contributed by atoms with Crippen LogP contribution in [0.3, 0.4) is 0 Å². The molecule has 0 radical (unpaired) electrons. The summed E-state index contributed by atoms with van der Waals surface area (Å²) in [5, 5.41) is 21.2. The topological polar surface area (TPSA) is 76.4 Å². The van der Waals surface area contributed by atoms with Gasteiger partial charge in [-0.15, -0.1) is 0 Å². The van der Waals surface area contributed by atoms with Gasteiger partial charge >= 0.3 is 0 Å². The average molecular weight is 307 g/mol. The summed E-state index contributed by atoms with van der Waals surface area (Å²) in [5.74, 6) is -1.08. The van der Waals surface area contributed by atoms with Crippen molar-refractivity contribution in [2.24, 2.45) is 5.92 Å². The van der Waals surface area contributed by atoms with E-state index in [2.05, 4.69) is 11.4 Å². The van der Waals surface area contributed by atoms with Gasteiger partial charge in [0.25, 0.3) is 0 Å². The molecule has 1 aromatic rings. The first-order valence-corrected chi connectivity index (χ1v) is 7.36. The van der Waals surface area contributed by atoms with Crippen molar-refractivity contribution in [2.45, 2.75) is 32.9 Å². The molecule has 0 spiro atoms. The zero-order valence-corrected chi connectivity index (χ0v) is 13.1. The zero-order valence-electron chi connectivity index (χ0n) is 13.1. The number of rotatable bonds is 3. The highest BCUT2D eigenvalue weighted by molar-refractivity contribution is 5.79. The average Bonchev–Trinajstić information content (AvgIpc) is 2.89. The summed E-state index contributed by atoms with van der Waals surface area (Å²) in [7, 11) is 1.81. The van der Waals surface area contributed by atoms with Crippen molar-refractivity contribution in [2.75, 3.05) is 13.6 Å². The van der Waals surface area contributed by atoms with Gasteiger partial charge in [0.2, 0.25) is 5.91 Å². The third-order valence-corrected chi connectivity index (χ3v) is 3.57. The lowest BCUT2D eigenvalue weighted by atomic mass is 10.1. The number of hydrogen-bond donors (Lipinski definition) is 2. The van der Waals surface area contributed by atoms with E-state index in [1.807, 2.05) is 25.8 Å². The van der Waals surface area contributed by atoms with E-state index in [0.717, 1.165) is 6.07 Å². The SMILES string of the molecule is CC.CN1CC(C(=O)NCc2ccc(F)cc2O)CC1C#N. The fourth-order valence-corrected chi connectivity index (χ4v) is 2.35. The first-order valence-electron chi connectivity index (χ1n) is 7.36. The monoisotopic (exact) mass is 307 g/mol. The first kappa shape index (κ1) is 17.9. The van der Waals surface area contributed by atoms with Gasteiger partial charge < -0.3 is 10.4 Å². The van der Waals surface area contributed by atoms with Crippen LogP contribution in [-0.4, -0.2) is 35.5 Å². The molecule has 6 heteroatoms. The van der Waals surface area contributed by atoms with Gasteiger partial charge in [0, 0.05) is 24.7 Å². The van der Waals surface area contributed by atoms with Crippen LogP contribution in [0, 0.1) is 23.1 Å². The molecule has 1 fully saturated rings. The van der Waals surface area contributed by atoms with Gasteiger partial charge in [0.1, 0.15) is 11.6 Å². The first-order chi connectivity index (χ1) is 10.5. The summed E-state index contributed by atoms with van der Waals surface area (Å²) in [6.45, 7) is 4.68. The Morgan fingerprint density at radius 1 is 1.55 bits per heavy atom. The summed E-state index contributed by atoms with van der Waals surface area (Å²) >= 11 is 0. The quantitative estimate of drug-likeness (QED) is 0.895. The van der Waals surface area contributed by atoms with Crippen LogP contribution in [0.2, 0.25) is 0 Å². The molecule has 5 nitrogen and oxygen atoms in total. The molecule has 1 aliphatic rings. The van der Waals surface area contributed by atoms with Crippen LogP contribution < -0.4 is 5.32 Å². The summed E-state index contributed by atoms with van der Waals surface area (Å²) < 4.78 is 12.8. The third kappa shape index (κ3) is 4.43. The van der Waals surface area contributed by atoms with E-state index in [-0.39, 0.29) is 30.2 Å². The molecule has 1 saturated heterocycles. The number of hydrogen-bond acceptors (Lipinski definition) is 4. The Morgan fingerprint density at radius 3 is 2.77 bits per heavy atom. The Hall–Kier alpha value is -2.13. The second kappa shape index (κ2) is 8.35. The minimum absolute atomic E-state index is 0.141. The van der Waals surface area contributed by atoms with Gasteiger partial charge in [0.05, 0.1) is 18.0 Å². The van der Waals surface area contributed by atoms with Gasteiger partial charge in [-0.1, -0.05) is 19.9 Å². The maximum atomic E-state index is 12.8. The lowest BCUT2D eigenvalue weighted by Gasteiger charge is -2.12. The van der Waals surface area contributed by atoms with Crippen molar-refractivity contribution in [3.63, 3.8) is 0 Å². The Morgan fingerprint density at radius 2 is 2.23 bits per heavy atom.